The topological polar surface area (TPSA) is 331 Å². The molecule has 4 aromatic rings. The first kappa shape index (κ1) is 43.4. The number of aromatic nitrogens is 7. The highest BCUT2D eigenvalue weighted by molar-refractivity contribution is 7.47. The van der Waals surface area contributed by atoms with E-state index in [2.05, 4.69) is 31.5 Å². The Morgan fingerprint density at radius 3 is 2.69 bits per heavy atom. The minimum Gasteiger partial charge on any atom is -0.455 e. The minimum absolute atomic E-state index is 0.0232. The lowest BCUT2D eigenvalue weighted by molar-refractivity contribution is -0.165. The van der Waals surface area contributed by atoms with E-state index in [4.69, 9.17) is 39.2 Å². The zero-order valence-electron chi connectivity index (χ0n) is 31.2. The van der Waals surface area contributed by atoms with Crippen molar-refractivity contribution >= 4 is 50.8 Å². The number of fused-ring (bicyclic) bond motifs is 1. The number of phosphoric acid groups is 1. The van der Waals surface area contributed by atoms with Gasteiger partial charge in [-0.3, -0.25) is 28.0 Å². The fourth-order valence-corrected chi connectivity index (χ4v) is 7.71. The number of nitrogen functional groups attached to an aromatic ring is 2. The lowest BCUT2D eigenvalue weighted by Gasteiger charge is -2.29. The molecule has 24 nitrogen and oxygen atoms in total. The van der Waals surface area contributed by atoms with Crippen LogP contribution in [0.15, 0.2) is 66.9 Å². The average molecular weight is 864 g/mol. The molecule has 2 aliphatic heterocycles. The maximum Gasteiger partial charge on any atom is 0.694 e. The minimum atomic E-state index is -5.15. The SMILES string of the molecule is C=CCCC(=O)N(C)[C@@H](Cc1cccnc1)C(=O)OC1[C@@H](O)[C@H](n2cnc3c(N)ncnc32)O[C@@H]1COP(=O)(O)O[C@H]1C[C@H](n2ccc(N)nc2=O)O[C@@H]1CO[P+](=O)O. The number of carbonyl (C=O) groups excluding carboxylic acids is 2. The quantitative estimate of drug-likeness (QED) is 0.0510. The molecule has 2 saturated heterocycles. The number of pyridine rings is 1. The molecule has 3 unspecified atom stereocenters. The molecule has 26 heteroatoms. The Morgan fingerprint density at radius 1 is 1.19 bits per heavy atom. The van der Waals surface area contributed by atoms with Crippen LogP contribution in [0.4, 0.5) is 11.6 Å². The number of aliphatic hydroxyl groups is 1. The molecule has 0 spiro atoms. The Morgan fingerprint density at radius 2 is 1.98 bits per heavy atom. The van der Waals surface area contributed by atoms with Gasteiger partial charge in [0, 0.05) is 49.5 Å². The van der Waals surface area contributed by atoms with Gasteiger partial charge >= 0.3 is 27.7 Å². The van der Waals surface area contributed by atoms with Crippen LogP contribution in [-0.2, 0) is 52.9 Å². The molecule has 0 saturated carbocycles. The number of aliphatic hydroxyl groups excluding tert-OH is 1. The van der Waals surface area contributed by atoms with E-state index < -0.39 is 95.9 Å². The number of amides is 1. The number of anilines is 2. The van der Waals surface area contributed by atoms with Crippen molar-refractivity contribution in [3.05, 3.63) is 78.1 Å². The summed E-state index contributed by atoms with van der Waals surface area (Å²) in [6, 6.07) is 3.44. The van der Waals surface area contributed by atoms with E-state index in [1.165, 1.54) is 47.5 Å². The van der Waals surface area contributed by atoms with Gasteiger partial charge in [-0.05, 0) is 24.1 Å². The van der Waals surface area contributed by atoms with Gasteiger partial charge in [-0.1, -0.05) is 12.1 Å². The fourth-order valence-electron chi connectivity index (χ4n) is 6.48. The van der Waals surface area contributed by atoms with Crippen molar-refractivity contribution in [2.75, 3.05) is 31.7 Å². The monoisotopic (exact) mass is 863 g/mol. The van der Waals surface area contributed by atoms with Crippen LogP contribution in [0.25, 0.3) is 11.2 Å². The average Bonchev–Trinajstić information content (AvgIpc) is 3.89. The predicted molar refractivity (Wildman–Crippen MR) is 201 cm³/mol. The maximum atomic E-state index is 14.1. The number of nitrogens with two attached hydrogens (primary N) is 2. The second kappa shape index (κ2) is 18.8. The van der Waals surface area contributed by atoms with Crippen LogP contribution in [0.5, 0.6) is 0 Å². The maximum absolute atomic E-state index is 14.1. The van der Waals surface area contributed by atoms with Crippen molar-refractivity contribution in [1.29, 1.82) is 0 Å². The molecule has 0 radical (unpaired) electrons. The van der Waals surface area contributed by atoms with E-state index in [0.29, 0.717) is 12.0 Å². The van der Waals surface area contributed by atoms with E-state index >= 15 is 0 Å². The lowest BCUT2D eigenvalue weighted by atomic mass is 10.1. The number of allylic oxidation sites excluding steroid dienone is 1. The number of esters is 1. The summed E-state index contributed by atoms with van der Waals surface area (Å²) in [5.74, 6) is -1.41. The van der Waals surface area contributed by atoms with Crippen LogP contribution in [0.3, 0.4) is 0 Å². The number of hydrogen-bond donors (Lipinski definition) is 5. The smallest absolute Gasteiger partial charge is 0.455 e. The summed E-state index contributed by atoms with van der Waals surface area (Å²) in [7, 11) is -6.84. The normalized spacial score (nSPS) is 24.7. The van der Waals surface area contributed by atoms with Gasteiger partial charge in [0.15, 0.2) is 23.8 Å². The fraction of sp³-hybridized carbons (Fsp3) is 0.455. The predicted octanol–water partition coefficient (Wildman–Crippen LogP) is 0.305. The summed E-state index contributed by atoms with van der Waals surface area (Å²) in [6.45, 7) is 2.20. The summed E-state index contributed by atoms with van der Waals surface area (Å²) >= 11 is 0. The molecule has 6 rings (SSSR count). The number of likely N-dealkylation sites (N-methyl/N-ethyl adjacent to an activating group) is 1. The van der Waals surface area contributed by atoms with Crippen molar-refractivity contribution in [3.8, 4) is 0 Å². The first-order valence-corrected chi connectivity index (χ1v) is 20.5. The van der Waals surface area contributed by atoms with Gasteiger partial charge < -0.3 is 40.6 Å². The Bertz CT molecular complexity index is 2270. The second-order valence-electron chi connectivity index (χ2n) is 13.3. The van der Waals surface area contributed by atoms with E-state index in [1.807, 2.05) is 0 Å². The molecule has 4 aromatic heterocycles. The van der Waals surface area contributed by atoms with E-state index in [9.17, 15) is 38.4 Å². The van der Waals surface area contributed by atoms with Gasteiger partial charge in [0.25, 0.3) is 0 Å². The number of phosphoric ester groups is 1. The van der Waals surface area contributed by atoms with Crippen LogP contribution in [0, 0.1) is 0 Å². The van der Waals surface area contributed by atoms with Gasteiger partial charge in [-0.15, -0.1) is 16.0 Å². The third-order valence-electron chi connectivity index (χ3n) is 9.43. The first-order chi connectivity index (χ1) is 28.1. The highest BCUT2D eigenvalue weighted by Gasteiger charge is 2.50. The lowest BCUT2D eigenvalue weighted by Crippen LogP contribution is -2.48. The largest absolute Gasteiger partial charge is 0.694 e. The summed E-state index contributed by atoms with van der Waals surface area (Å²) in [5.41, 5.74) is 11.6. The standard InChI is InChI=1S/C33H40N10O14P2/c1-3-4-7-24(44)41(2)19(11-18-6-5-9-36-13-18)32(46)56-28-22(55-31(27(28)45)43-17-39-26-29(35)37-16-38-30(26)43)15-53-59(50,51)57-20-12-25(54-21(20)14-52-58(48)49)42-10-8-23(34)40-33(42)47/h3,5-6,8-10,13,16-17,19-22,25,27-28,31,45H,1,4,7,11-12,14-15H2,2H3,(H5-,34,35,37,38,40,47,48,49,50,51)/p+1/t19-,20-,21+,22+,25+,27+,28?,31+/m0/s1. The Hall–Kier alpha value is -5.13. The van der Waals surface area contributed by atoms with Crippen molar-refractivity contribution in [3.63, 3.8) is 0 Å². The molecule has 0 bridgehead atoms. The van der Waals surface area contributed by atoms with Crippen molar-refractivity contribution in [2.24, 2.45) is 0 Å². The number of hydrogen-bond acceptors (Lipinski definition) is 19. The van der Waals surface area contributed by atoms with E-state index in [1.54, 1.807) is 18.2 Å². The molecular formula is C33H41N10O14P2+. The molecule has 2 aliphatic rings. The van der Waals surface area contributed by atoms with Crippen molar-refractivity contribution in [1.82, 2.24) is 39.0 Å². The number of rotatable bonds is 18. The zero-order chi connectivity index (χ0) is 42.4. The molecule has 6 heterocycles. The molecule has 0 aromatic carbocycles. The highest BCUT2D eigenvalue weighted by Crippen LogP contribution is 2.49. The van der Waals surface area contributed by atoms with Crippen LogP contribution < -0.4 is 17.2 Å². The van der Waals surface area contributed by atoms with Crippen molar-refractivity contribution < 1.29 is 61.4 Å². The summed E-state index contributed by atoms with van der Waals surface area (Å²) in [6.07, 6.45) is -1.55. The number of nitrogens with zero attached hydrogens (tertiary/aromatic N) is 8. The van der Waals surface area contributed by atoms with Crippen LogP contribution in [0.1, 0.15) is 37.3 Å². The van der Waals surface area contributed by atoms with Gasteiger partial charge in [0.2, 0.25) is 5.91 Å². The third kappa shape index (κ3) is 10.4. The Kier molecular flexibility index (Phi) is 13.9. The summed E-state index contributed by atoms with van der Waals surface area (Å²) < 4.78 is 60.6. The number of ether oxygens (including phenoxy) is 3. The van der Waals surface area contributed by atoms with Gasteiger partial charge in [0.05, 0.1) is 12.9 Å². The van der Waals surface area contributed by atoms with E-state index in [0.717, 1.165) is 10.9 Å². The molecular weight excluding hydrogens is 822 g/mol. The molecule has 7 N–H and O–H groups in total. The van der Waals surface area contributed by atoms with E-state index in [-0.39, 0.29) is 42.1 Å². The first-order valence-electron chi connectivity index (χ1n) is 17.8. The van der Waals surface area contributed by atoms with Crippen LogP contribution >= 0.6 is 16.1 Å². The molecule has 1 amide bonds. The summed E-state index contributed by atoms with van der Waals surface area (Å²) in [5, 5.41) is 11.7. The molecule has 10 atom stereocenters. The molecule has 0 aliphatic carbocycles. The van der Waals surface area contributed by atoms with Crippen LogP contribution in [-0.4, -0.2) is 123 Å². The molecule has 2 fully saturated rings. The number of imidazole rings is 1. The molecule has 59 heavy (non-hydrogen) atoms. The number of carbonyl (C=O) groups is 2. The summed E-state index contributed by atoms with van der Waals surface area (Å²) in [4.78, 5) is 81.1. The van der Waals surface area contributed by atoms with Gasteiger partial charge in [-0.2, -0.15) is 4.98 Å². The van der Waals surface area contributed by atoms with Gasteiger partial charge in [-0.25, -0.2) is 29.1 Å². The second-order valence-corrected chi connectivity index (χ2v) is 15.4. The Labute approximate surface area is 335 Å². The van der Waals surface area contributed by atoms with Gasteiger partial charge in [0.1, 0.15) is 61.0 Å². The third-order valence-corrected chi connectivity index (χ3v) is 10.8. The van der Waals surface area contributed by atoms with Crippen molar-refractivity contribution in [2.45, 2.75) is 74.7 Å². The van der Waals surface area contributed by atoms with Crippen LogP contribution in [0.2, 0.25) is 0 Å². The molecule has 316 valence electrons. The Balaban J connectivity index is 1.24. The zero-order valence-corrected chi connectivity index (χ0v) is 33.0. The highest BCUT2D eigenvalue weighted by atomic mass is 31.2.